The SMILES string of the molecule is Cl.Cl.Nc1cc(Br)ccc1-c1nc(C2(N)CCC2)no1. The van der Waals surface area contributed by atoms with Gasteiger partial charge in [-0.05, 0) is 37.5 Å². The van der Waals surface area contributed by atoms with E-state index in [1.807, 2.05) is 12.1 Å². The van der Waals surface area contributed by atoms with Crippen LogP contribution in [0.3, 0.4) is 0 Å². The zero-order valence-corrected chi connectivity index (χ0v) is 13.7. The molecule has 2 aromatic rings. The predicted molar refractivity (Wildman–Crippen MR) is 86.1 cm³/mol. The van der Waals surface area contributed by atoms with Crippen LogP contribution in [-0.2, 0) is 5.54 Å². The number of aromatic nitrogens is 2. The number of benzene rings is 1. The molecule has 4 N–H and O–H groups in total. The van der Waals surface area contributed by atoms with Crippen molar-refractivity contribution >= 4 is 46.4 Å². The maximum atomic E-state index is 6.15. The number of hydrogen-bond donors (Lipinski definition) is 2. The summed E-state index contributed by atoms with van der Waals surface area (Å²) in [5, 5.41) is 3.97. The summed E-state index contributed by atoms with van der Waals surface area (Å²) >= 11 is 3.36. The number of halogens is 3. The van der Waals surface area contributed by atoms with Crippen LogP contribution in [0.15, 0.2) is 27.2 Å². The van der Waals surface area contributed by atoms with Crippen molar-refractivity contribution in [2.45, 2.75) is 24.8 Å². The number of rotatable bonds is 2. The lowest BCUT2D eigenvalue weighted by atomic mass is 9.77. The van der Waals surface area contributed by atoms with Crippen molar-refractivity contribution in [1.29, 1.82) is 0 Å². The molecular weight excluding hydrogens is 367 g/mol. The number of anilines is 1. The summed E-state index contributed by atoms with van der Waals surface area (Å²) in [7, 11) is 0. The molecule has 1 heterocycles. The molecule has 1 aromatic heterocycles. The van der Waals surface area contributed by atoms with E-state index in [0.717, 1.165) is 29.3 Å². The molecule has 0 radical (unpaired) electrons. The van der Waals surface area contributed by atoms with Crippen molar-refractivity contribution < 1.29 is 4.52 Å². The highest BCUT2D eigenvalue weighted by atomic mass is 79.9. The van der Waals surface area contributed by atoms with Crippen molar-refractivity contribution in [3.05, 3.63) is 28.5 Å². The van der Waals surface area contributed by atoms with Gasteiger partial charge in [0.15, 0.2) is 5.82 Å². The molecule has 1 aliphatic rings. The minimum absolute atomic E-state index is 0. The zero-order chi connectivity index (χ0) is 12.8. The summed E-state index contributed by atoms with van der Waals surface area (Å²) in [6.07, 6.45) is 2.92. The highest BCUT2D eigenvalue weighted by Gasteiger charge is 2.39. The average molecular weight is 382 g/mol. The molecule has 1 fully saturated rings. The zero-order valence-electron chi connectivity index (χ0n) is 10.5. The quantitative estimate of drug-likeness (QED) is 0.779. The van der Waals surface area contributed by atoms with Gasteiger partial charge in [0.05, 0.1) is 11.1 Å². The van der Waals surface area contributed by atoms with Gasteiger partial charge in [-0.3, -0.25) is 0 Å². The van der Waals surface area contributed by atoms with E-state index in [1.54, 1.807) is 6.07 Å². The molecule has 0 amide bonds. The fraction of sp³-hybridized carbons (Fsp3) is 0.333. The third-order valence-corrected chi connectivity index (χ3v) is 3.85. The first-order valence-corrected chi connectivity index (χ1v) is 6.56. The highest BCUT2D eigenvalue weighted by molar-refractivity contribution is 9.10. The topological polar surface area (TPSA) is 91.0 Å². The Labute approximate surface area is 137 Å². The second kappa shape index (κ2) is 6.30. The molecule has 1 aliphatic carbocycles. The Hall–Kier alpha value is -0.820. The van der Waals surface area contributed by atoms with Crippen LogP contribution in [0, 0.1) is 0 Å². The van der Waals surface area contributed by atoms with E-state index in [9.17, 15) is 0 Å². The summed E-state index contributed by atoms with van der Waals surface area (Å²) < 4.78 is 6.17. The normalized spacial score (nSPS) is 15.7. The van der Waals surface area contributed by atoms with Gasteiger partial charge in [-0.15, -0.1) is 24.8 Å². The predicted octanol–water partition coefficient (Wildman–Crippen LogP) is 3.26. The summed E-state index contributed by atoms with van der Waals surface area (Å²) in [5.74, 6) is 0.998. The van der Waals surface area contributed by atoms with Gasteiger partial charge in [-0.25, -0.2) is 0 Å². The molecule has 0 atom stereocenters. The number of nitrogen functional groups attached to an aromatic ring is 1. The summed E-state index contributed by atoms with van der Waals surface area (Å²) in [4.78, 5) is 4.37. The Morgan fingerprint density at radius 1 is 1.25 bits per heavy atom. The molecule has 1 aromatic carbocycles. The van der Waals surface area contributed by atoms with Gasteiger partial charge >= 0.3 is 0 Å². The largest absolute Gasteiger partial charge is 0.398 e. The molecule has 3 rings (SSSR count). The number of nitrogens with zero attached hydrogens (tertiary/aromatic N) is 2. The first kappa shape index (κ1) is 17.2. The minimum atomic E-state index is -0.411. The van der Waals surface area contributed by atoms with Gasteiger partial charge < -0.3 is 16.0 Å². The Morgan fingerprint density at radius 2 is 1.95 bits per heavy atom. The minimum Gasteiger partial charge on any atom is -0.398 e. The van der Waals surface area contributed by atoms with Crippen molar-refractivity contribution in [3.8, 4) is 11.5 Å². The maximum Gasteiger partial charge on any atom is 0.260 e. The summed E-state index contributed by atoms with van der Waals surface area (Å²) in [6, 6.07) is 5.54. The van der Waals surface area contributed by atoms with Gasteiger partial charge in [0, 0.05) is 10.2 Å². The molecule has 110 valence electrons. The van der Waals surface area contributed by atoms with Crippen LogP contribution in [0.1, 0.15) is 25.1 Å². The van der Waals surface area contributed by atoms with E-state index in [-0.39, 0.29) is 24.8 Å². The monoisotopic (exact) mass is 380 g/mol. The van der Waals surface area contributed by atoms with Gasteiger partial charge in [0.25, 0.3) is 5.89 Å². The van der Waals surface area contributed by atoms with Crippen molar-refractivity contribution in [1.82, 2.24) is 10.1 Å². The second-order valence-corrected chi connectivity index (χ2v) is 5.58. The lowest BCUT2D eigenvalue weighted by Gasteiger charge is -2.34. The highest BCUT2D eigenvalue weighted by Crippen LogP contribution is 2.38. The van der Waals surface area contributed by atoms with Crippen LogP contribution < -0.4 is 11.5 Å². The third-order valence-electron chi connectivity index (χ3n) is 3.36. The van der Waals surface area contributed by atoms with Crippen LogP contribution in [0.25, 0.3) is 11.5 Å². The van der Waals surface area contributed by atoms with Gasteiger partial charge in [-0.1, -0.05) is 21.1 Å². The fourth-order valence-corrected chi connectivity index (χ4v) is 2.42. The molecule has 20 heavy (non-hydrogen) atoms. The van der Waals surface area contributed by atoms with Crippen LogP contribution in [-0.4, -0.2) is 10.1 Å². The van der Waals surface area contributed by atoms with E-state index in [0.29, 0.717) is 17.4 Å². The molecule has 1 saturated carbocycles. The molecule has 0 saturated heterocycles. The smallest absolute Gasteiger partial charge is 0.260 e. The summed E-state index contributed by atoms with van der Waals surface area (Å²) in [6.45, 7) is 0. The van der Waals surface area contributed by atoms with Crippen molar-refractivity contribution in [3.63, 3.8) is 0 Å². The molecule has 0 unspecified atom stereocenters. The van der Waals surface area contributed by atoms with Crippen LogP contribution >= 0.6 is 40.7 Å². The van der Waals surface area contributed by atoms with Gasteiger partial charge in [0.1, 0.15) is 0 Å². The molecule has 0 spiro atoms. The second-order valence-electron chi connectivity index (χ2n) is 4.66. The first-order chi connectivity index (χ1) is 8.58. The Balaban J connectivity index is 0.000001000. The van der Waals surface area contributed by atoms with Gasteiger partial charge in [-0.2, -0.15) is 4.98 Å². The van der Waals surface area contributed by atoms with Crippen LogP contribution in [0.4, 0.5) is 5.69 Å². The number of hydrogen-bond acceptors (Lipinski definition) is 5. The Morgan fingerprint density at radius 3 is 2.50 bits per heavy atom. The van der Waals surface area contributed by atoms with E-state index >= 15 is 0 Å². The van der Waals surface area contributed by atoms with Crippen LogP contribution in [0.2, 0.25) is 0 Å². The molecule has 0 bridgehead atoms. The average Bonchev–Trinajstić information content (AvgIpc) is 2.75. The molecule has 0 aliphatic heterocycles. The van der Waals surface area contributed by atoms with Crippen LogP contribution in [0.5, 0.6) is 0 Å². The first-order valence-electron chi connectivity index (χ1n) is 5.77. The van der Waals surface area contributed by atoms with E-state index < -0.39 is 5.54 Å². The third kappa shape index (κ3) is 2.93. The Kier molecular flexibility index (Phi) is 5.43. The fourth-order valence-electron chi connectivity index (χ4n) is 2.04. The van der Waals surface area contributed by atoms with E-state index in [2.05, 4.69) is 26.1 Å². The standard InChI is InChI=1S/C12H13BrN4O.2ClH/c13-7-2-3-8(9(14)6-7)10-16-11(17-18-10)12(15)4-1-5-12;;/h2-3,6H,1,4-5,14-15H2;2*1H. The van der Waals surface area contributed by atoms with Crippen molar-refractivity contribution in [2.24, 2.45) is 5.73 Å². The lowest BCUT2D eigenvalue weighted by molar-refractivity contribution is 0.229. The van der Waals surface area contributed by atoms with Crippen molar-refractivity contribution in [2.75, 3.05) is 5.73 Å². The maximum absolute atomic E-state index is 6.15. The molecular formula is C12H15BrCl2N4O. The summed E-state index contributed by atoms with van der Waals surface area (Å²) in [5.41, 5.74) is 13.0. The Bertz CT molecular complexity index is 601. The van der Waals surface area contributed by atoms with Gasteiger partial charge in [0.2, 0.25) is 0 Å². The van der Waals surface area contributed by atoms with E-state index in [1.165, 1.54) is 0 Å². The number of nitrogens with two attached hydrogens (primary N) is 2. The lowest BCUT2D eigenvalue weighted by Crippen LogP contribution is -2.44. The molecule has 8 heteroatoms. The van der Waals surface area contributed by atoms with E-state index in [4.69, 9.17) is 16.0 Å². The molecule has 5 nitrogen and oxygen atoms in total.